The van der Waals surface area contributed by atoms with Crippen LogP contribution >= 0.6 is 0 Å². The molecule has 0 aliphatic heterocycles. The molecule has 1 N–H and O–H groups in total. The van der Waals surface area contributed by atoms with Crippen molar-refractivity contribution in [1.82, 2.24) is 0 Å². The number of aliphatic hydroxyl groups is 1. The zero-order chi connectivity index (χ0) is 14.2. The summed E-state index contributed by atoms with van der Waals surface area (Å²) in [6, 6.07) is 13.7. The Morgan fingerprint density at radius 2 is 1.95 bits per heavy atom. The Labute approximate surface area is 117 Å². The molecule has 3 heteroatoms. The van der Waals surface area contributed by atoms with E-state index in [-0.39, 0.29) is 12.4 Å². The van der Waals surface area contributed by atoms with Gasteiger partial charge in [-0.15, -0.1) is 0 Å². The third-order valence-electron chi connectivity index (χ3n) is 2.67. The maximum Gasteiger partial charge on any atom is 0.126 e. The zero-order valence-corrected chi connectivity index (χ0v) is 11.0. The standard InChI is InChI=1S/C17H15FO2/c18-16-9-5-10-17(12-16)20-13-15-8-2-1-6-14(15)7-3-4-11-19/h1-2,5-6,8-10,12,19H,4,11,13H2. The minimum absolute atomic E-state index is 0.0506. The molecule has 102 valence electrons. The van der Waals surface area contributed by atoms with Crippen LogP contribution in [0.25, 0.3) is 0 Å². The highest BCUT2D eigenvalue weighted by atomic mass is 19.1. The van der Waals surface area contributed by atoms with E-state index in [0.717, 1.165) is 11.1 Å². The lowest BCUT2D eigenvalue weighted by Gasteiger charge is -2.08. The topological polar surface area (TPSA) is 29.5 Å². The molecule has 2 aromatic carbocycles. The molecular formula is C17H15FO2. The normalized spacial score (nSPS) is 9.70. The van der Waals surface area contributed by atoms with Crippen molar-refractivity contribution in [1.29, 1.82) is 0 Å². The number of benzene rings is 2. The van der Waals surface area contributed by atoms with Gasteiger partial charge in [0.25, 0.3) is 0 Å². The van der Waals surface area contributed by atoms with E-state index in [0.29, 0.717) is 18.8 Å². The van der Waals surface area contributed by atoms with Crippen molar-refractivity contribution < 1.29 is 14.2 Å². The third kappa shape index (κ3) is 4.11. The molecule has 0 amide bonds. The first-order valence-electron chi connectivity index (χ1n) is 6.35. The minimum atomic E-state index is -0.321. The molecule has 0 heterocycles. The molecule has 0 radical (unpaired) electrons. The van der Waals surface area contributed by atoms with Crippen LogP contribution < -0.4 is 4.74 Å². The van der Waals surface area contributed by atoms with Crippen LogP contribution in [0.5, 0.6) is 5.75 Å². The van der Waals surface area contributed by atoms with Gasteiger partial charge in [0, 0.05) is 23.6 Å². The number of halogens is 1. The van der Waals surface area contributed by atoms with Gasteiger partial charge in [0.05, 0.1) is 6.61 Å². The second kappa shape index (κ2) is 7.32. The van der Waals surface area contributed by atoms with E-state index in [4.69, 9.17) is 9.84 Å². The Morgan fingerprint density at radius 3 is 2.75 bits per heavy atom. The highest BCUT2D eigenvalue weighted by Crippen LogP contribution is 2.15. The highest BCUT2D eigenvalue weighted by molar-refractivity contribution is 5.41. The van der Waals surface area contributed by atoms with E-state index in [1.54, 1.807) is 12.1 Å². The lowest BCUT2D eigenvalue weighted by molar-refractivity contribution is 0.304. The Morgan fingerprint density at radius 1 is 1.10 bits per heavy atom. The molecule has 0 bridgehead atoms. The van der Waals surface area contributed by atoms with E-state index in [2.05, 4.69) is 11.8 Å². The second-order valence-electron chi connectivity index (χ2n) is 4.18. The first kappa shape index (κ1) is 14.1. The number of rotatable bonds is 4. The Balaban J connectivity index is 2.08. The van der Waals surface area contributed by atoms with Gasteiger partial charge in [-0.25, -0.2) is 4.39 Å². The summed E-state index contributed by atoms with van der Waals surface area (Å²) in [5.74, 6) is 6.05. The number of hydrogen-bond donors (Lipinski definition) is 1. The van der Waals surface area contributed by atoms with E-state index in [9.17, 15) is 4.39 Å². The first-order valence-corrected chi connectivity index (χ1v) is 6.35. The Kier molecular flexibility index (Phi) is 5.16. The Bertz CT molecular complexity index is 626. The van der Waals surface area contributed by atoms with Crippen molar-refractivity contribution in [2.24, 2.45) is 0 Å². The molecule has 0 aromatic heterocycles. The van der Waals surface area contributed by atoms with Crippen LogP contribution in [0.15, 0.2) is 48.5 Å². The zero-order valence-electron chi connectivity index (χ0n) is 11.0. The summed E-state index contributed by atoms with van der Waals surface area (Å²) in [5.41, 5.74) is 1.79. The molecule has 0 aliphatic rings. The van der Waals surface area contributed by atoms with E-state index < -0.39 is 0 Å². The van der Waals surface area contributed by atoms with Gasteiger partial charge in [-0.1, -0.05) is 36.1 Å². The van der Waals surface area contributed by atoms with Gasteiger partial charge in [-0.05, 0) is 18.2 Å². The monoisotopic (exact) mass is 270 g/mol. The van der Waals surface area contributed by atoms with Crippen molar-refractivity contribution in [2.45, 2.75) is 13.0 Å². The van der Waals surface area contributed by atoms with Crippen LogP contribution in [0.4, 0.5) is 4.39 Å². The van der Waals surface area contributed by atoms with Crippen LogP contribution in [0.3, 0.4) is 0 Å². The largest absolute Gasteiger partial charge is 0.489 e. The fourth-order valence-corrected chi connectivity index (χ4v) is 1.70. The van der Waals surface area contributed by atoms with E-state index >= 15 is 0 Å². The van der Waals surface area contributed by atoms with Gasteiger partial charge in [-0.2, -0.15) is 0 Å². The fraction of sp³-hybridized carbons (Fsp3) is 0.176. The summed E-state index contributed by atoms with van der Waals surface area (Å²) < 4.78 is 18.6. The Hall–Kier alpha value is -2.31. The fourth-order valence-electron chi connectivity index (χ4n) is 1.70. The number of aliphatic hydroxyl groups excluding tert-OH is 1. The third-order valence-corrected chi connectivity index (χ3v) is 2.67. The van der Waals surface area contributed by atoms with Crippen molar-refractivity contribution in [3.8, 4) is 17.6 Å². The summed E-state index contributed by atoms with van der Waals surface area (Å²) in [6.45, 7) is 0.377. The van der Waals surface area contributed by atoms with Gasteiger partial charge < -0.3 is 9.84 Å². The first-order chi connectivity index (χ1) is 9.79. The van der Waals surface area contributed by atoms with Gasteiger partial charge in [0.2, 0.25) is 0 Å². The molecule has 20 heavy (non-hydrogen) atoms. The molecule has 0 fully saturated rings. The molecular weight excluding hydrogens is 255 g/mol. The molecule has 0 spiro atoms. The quantitative estimate of drug-likeness (QED) is 0.865. The summed E-state index contributed by atoms with van der Waals surface area (Å²) >= 11 is 0. The van der Waals surface area contributed by atoms with Crippen LogP contribution in [-0.4, -0.2) is 11.7 Å². The highest BCUT2D eigenvalue weighted by Gasteiger charge is 2.01. The summed E-state index contributed by atoms with van der Waals surface area (Å²) in [4.78, 5) is 0. The molecule has 0 saturated heterocycles. The van der Waals surface area contributed by atoms with Gasteiger partial charge in [0.1, 0.15) is 18.2 Å². The number of ether oxygens (including phenoxy) is 1. The lowest BCUT2D eigenvalue weighted by Crippen LogP contribution is -1.98. The van der Waals surface area contributed by atoms with Crippen molar-refractivity contribution in [2.75, 3.05) is 6.61 Å². The van der Waals surface area contributed by atoms with Crippen molar-refractivity contribution >= 4 is 0 Å². The van der Waals surface area contributed by atoms with E-state index in [1.165, 1.54) is 12.1 Å². The van der Waals surface area contributed by atoms with Crippen LogP contribution in [-0.2, 0) is 6.61 Å². The van der Waals surface area contributed by atoms with Crippen molar-refractivity contribution in [3.63, 3.8) is 0 Å². The molecule has 0 unspecified atom stereocenters. The SMILES string of the molecule is OCCC#Cc1ccccc1COc1cccc(F)c1. The summed E-state index contributed by atoms with van der Waals surface area (Å²) in [7, 11) is 0. The van der Waals surface area contributed by atoms with Crippen LogP contribution in [0, 0.1) is 17.7 Å². The van der Waals surface area contributed by atoms with E-state index in [1.807, 2.05) is 24.3 Å². The van der Waals surface area contributed by atoms with Gasteiger partial charge >= 0.3 is 0 Å². The molecule has 0 atom stereocenters. The molecule has 0 aliphatic carbocycles. The molecule has 2 nitrogen and oxygen atoms in total. The average molecular weight is 270 g/mol. The van der Waals surface area contributed by atoms with Crippen LogP contribution in [0.1, 0.15) is 17.5 Å². The minimum Gasteiger partial charge on any atom is -0.489 e. The summed E-state index contributed by atoms with van der Waals surface area (Å²) in [6.07, 6.45) is 0.444. The second-order valence-corrected chi connectivity index (χ2v) is 4.18. The van der Waals surface area contributed by atoms with Crippen molar-refractivity contribution in [3.05, 3.63) is 65.5 Å². The molecule has 0 saturated carbocycles. The molecule has 2 aromatic rings. The number of hydrogen-bond acceptors (Lipinski definition) is 2. The smallest absolute Gasteiger partial charge is 0.126 e. The maximum absolute atomic E-state index is 13.1. The predicted molar refractivity (Wildman–Crippen MR) is 75.8 cm³/mol. The average Bonchev–Trinajstić information content (AvgIpc) is 2.47. The van der Waals surface area contributed by atoms with Crippen LogP contribution in [0.2, 0.25) is 0 Å². The van der Waals surface area contributed by atoms with Gasteiger partial charge in [0.15, 0.2) is 0 Å². The lowest BCUT2D eigenvalue weighted by atomic mass is 10.1. The predicted octanol–water partition coefficient (Wildman–Crippen LogP) is 3.14. The van der Waals surface area contributed by atoms with Gasteiger partial charge in [-0.3, -0.25) is 0 Å². The summed E-state index contributed by atoms with van der Waals surface area (Å²) in [5, 5.41) is 8.73. The molecule has 2 rings (SSSR count). The maximum atomic E-state index is 13.1.